The van der Waals surface area contributed by atoms with E-state index in [9.17, 15) is 0 Å². The zero-order valence-corrected chi connectivity index (χ0v) is 20.5. The van der Waals surface area contributed by atoms with E-state index in [4.69, 9.17) is 28.4 Å². The molecule has 6 heteroatoms. The first kappa shape index (κ1) is 28.9. The third kappa shape index (κ3) is 18.4. The SMILES string of the molecule is CCCCCCCCCc1ccc(OCCOCCOCCOCCOCCOC)cc1. The predicted molar refractivity (Wildman–Crippen MR) is 129 cm³/mol. The van der Waals surface area contributed by atoms with Crippen molar-refractivity contribution in [3.8, 4) is 5.75 Å². The summed E-state index contributed by atoms with van der Waals surface area (Å²) < 4.78 is 32.4. The molecule has 1 aromatic rings. The van der Waals surface area contributed by atoms with E-state index in [0.717, 1.165) is 12.2 Å². The molecule has 0 spiro atoms. The Bertz CT molecular complexity index is 494. The number of benzene rings is 1. The second kappa shape index (κ2) is 23.0. The highest BCUT2D eigenvalue weighted by atomic mass is 16.6. The molecule has 0 aliphatic heterocycles. The predicted octanol–water partition coefficient (Wildman–Crippen LogP) is 5.07. The van der Waals surface area contributed by atoms with Gasteiger partial charge in [0.25, 0.3) is 0 Å². The standard InChI is InChI=1S/C26H46O6/c1-3-4-5-6-7-8-9-10-25-11-13-26(14-12-25)32-24-23-31-22-21-30-20-19-29-18-17-28-16-15-27-2/h11-14H,3-10,15-24H2,1-2H3. The molecule has 0 aliphatic carbocycles. The van der Waals surface area contributed by atoms with Gasteiger partial charge in [0.2, 0.25) is 0 Å². The molecule has 0 unspecified atom stereocenters. The summed E-state index contributed by atoms with van der Waals surface area (Å²) in [4.78, 5) is 0. The van der Waals surface area contributed by atoms with E-state index in [1.165, 1.54) is 50.5 Å². The Hall–Kier alpha value is -1.18. The van der Waals surface area contributed by atoms with Crippen LogP contribution in [0.3, 0.4) is 0 Å². The van der Waals surface area contributed by atoms with E-state index in [-0.39, 0.29) is 0 Å². The van der Waals surface area contributed by atoms with E-state index in [1.807, 2.05) is 0 Å². The number of rotatable bonds is 24. The van der Waals surface area contributed by atoms with Gasteiger partial charge in [-0.05, 0) is 30.5 Å². The van der Waals surface area contributed by atoms with Crippen molar-refractivity contribution in [1.82, 2.24) is 0 Å². The summed E-state index contributed by atoms with van der Waals surface area (Å²) in [6.45, 7) is 7.95. The fourth-order valence-electron chi connectivity index (χ4n) is 3.16. The van der Waals surface area contributed by atoms with Gasteiger partial charge < -0.3 is 28.4 Å². The van der Waals surface area contributed by atoms with Crippen LogP contribution in [0.1, 0.15) is 57.4 Å². The van der Waals surface area contributed by atoms with Crippen LogP contribution in [0, 0.1) is 0 Å². The molecule has 0 atom stereocenters. The average Bonchev–Trinajstić information content (AvgIpc) is 2.82. The smallest absolute Gasteiger partial charge is 0.119 e. The van der Waals surface area contributed by atoms with E-state index in [0.29, 0.717) is 66.1 Å². The molecule has 0 heterocycles. The summed E-state index contributed by atoms with van der Waals surface area (Å²) in [6, 6.07) is 8.47. The first-order valence-electron chi connectivity index (χ1n) is 12.4. The fraction of sp³-hybridized carbons (Fsp3) is 0.769. The summed E-state index contributed by atoms with van der Waals surface area (Å²) in [5, 5.41) is 0. The Labute approximate surface area is 195 Å². The van der Waals surface area contributed by atoms with E-state index >= 15 is 0 Å². The van der Waals surface area contributed by atoms with Crippen molar-refractivity contribution < 1.29 is 28.4 Å². The van der Waals surface area contributed by atoms with Crippen LogP contribution in [0.4, 0.5) is 0 Å². The topological polar surface area (TPSA) is 55.4 Å². The molecule has 0 radical (unpaired) electrons. The minimum Gasteiger partial charge on any atom is -0.491 e. The highest BCUT2D eigenvalue weighted by molar-refractivity contribution is 5.27. The fourth-order valence-corrected chi connectivity index (χ4v) is 3.16. The van der Waals surface area contributed by atoms with Crippen LogP contribution >= 0.6 is 0 Å². The van der Waals surface area contributed by atoms with Crippen LogP contribution in [0.2, 0.25) is 0 Å². The van der Waals surface area contributed by atoms with Crippen molar-refractivity contribution in [2.24, 2.45) is 0 Å². The highest BCUT2D eigenvalue weighted by Gasteiger charge is 1.98. The van der Waals surface area contributed by atoms with E-state index in [1.54, 1.807) is 7.11 Å². The van der Waals surface area contributed by atoms with E-state index in [2.05, 4.69) is 31.2 Å². The van der Waals surface area contributed by atoms with Gasteiger partial charge in [-0.1, -0.05) is 57.6 Å². The first-order valence-corrected chi connectivity index (χ1v) is 12.4. The molecule has 1 aromatic carbocycles. The summed E-state index contributed by atoms with van der Waals surface area (Å²) in [5.41, 5.74) is 1.39. The maximum atomic E-state index is 5.74. The number of hydrogen-bond donors (Lipinski definition) is 0. The Morgan fingerprint density at radius 3 is 1.53 bits per heavy atom. The van der Waals surface area contributed by atoms with Crippen LogP contribution in [-0.4, -0.2) is 73.2 Å². The lowest BCUT2D eigenvalue weighted by molar-refractivity contribution is -0.00978. The van der Waals surface area contributed by atoms with Crippen LogP contribution in [0.5, 0.6) is 5.75 Å². The van der Waals surface area contributed by atoms with Gasteiger partial charge in [-0.3, -0.25) is 0 Å². The number of ether oxygens (including phenoxy) is 6. The summed E-state index contributed by atoms with van der Waals surface area (Å²) in [5.74, 6) is 0.900. The second-order valence-electron chi connectivity index (χ2n) is 7.81. The van der Waals surface area contributed by atoms with Gasteiger partial charge in [0.05, 0.1) is 59.5 Å². The van der Waals surface area contributed by atoms with Gasteiger partial charge >= 0.3 is 0 Å². The molecular formula is C26H46O6. The molecule has 186 valence electrons. The van der Waals surface area contributed by atoms with Gasteiger partial charge in [0.15, 0.2) is 0 Å². The lowest BCUT2D eigenvalue weighted by atomic mass is 10.0. The zero-order chi connectivity index (χ0) is 23.0. The van der Waals surface area contributed by atoms with Crippen LogP contribution in [0.15, 0.2) is 24.3 Å². The molecule has 1 rings (SSSR count). The third-order valence-corrected chi connectivity index (χ3v) is 5.04. The molecule has 0 aromatic heterocycles. The van der Waals surface area contributed by atoms with E-state index < -0.39 is 0 Å². The molecule has 0 N–H and O–H groups in total. The molecular weight excluding hydrogens is 408 g/mol. The Balaban J connectivity index is 1.86. The molecule has 6 nitrogen and oxygen atoms in total. The maximum Gasteiger partial charge on any atom is 0.119 e. The van der Waals surface area contributed by atoms with Crippen molar-refractivity contribution in [3.05, 3.63) is 29.8 Å². The number of methoxy groups -OCH3 is 1. The summed E-state index contributed by atoms with van der Waals surface area (Å²) in [6.07, 6.45) is 10.6. The quantitative estimate of drug-likeness (QED) is 0.203. The second-order valence-corrected chi connectivity index (χ2v) is 7.81. The lowest BCUT2D eigenvalue weighted by Crippen LogP contribution is -2.14. The van der Waals surface area contributed by atoms with Crippen LogP contribution in [0.25, 0.3) is 0 Å². The number of unbranched alkanes of at least 4 members (excludes halogenated alkanes) is 6. The van der Waals surface area contributed by atoms with Crippen molar-refractivity contribution in [3.63, 3.8) is 0 Å². The van der Waals surface area contributed by atoms with Crippen molar-refractivity contribution >= 4 is 0 Å². The molecule has 32 heavy (non-hydrogen) atoms. The molecule has 0 amide bonds. The molecule has 0 fully saturated rings. The summed E-state index contributed by atoms with van der Waals surface area (Å²) >= 11 is 0. The number of hydrogen-bond acceptors (Lipinski definition) is 6. The summed E-state index contributed by atoms with van der Waals surface area (Å²) in [7, 11) is 1.66. The van der Waals surface area contributed by atoms with Crippen molar-refractivity contribution in [1.29, 1.82) is 0 Å². The van der Waals surface area contributed by atoms with Crippen molar-refractivity contribution in [2.75, 3.05) is 73.2 Å². The monoisotopic (exact) mass is 454 g/mol. The number of aryl methyl sites for hydroxylation is 1. The van der Waals surface area contributed by atoms with Gasteiger partial charge in [-0.2, -0.15) is 0 Å². The zero-order valence-electron chi connectivity index (χ0n) is 20.5. The Kier molecular flexibility index (Phi) is 20.7. The lowest BCUT2D eigenvalue weighted by Gasteiger charge is -2.09. The molecule has 0 saturated heterocycles. The van der Waals surface area contributed by atoms with Crippen LogP contribution in [-0.2, 0) is 30.1 Å². The Morgan fingerprint density at radius 2 is 1.00 bits per heavy atom. The van der Waals surface area contributed by atoms with Crippen molar-refractivity contribution in [2.45, 2.75) is 58.3 Å². The Morgan fingerprint density at radius 1 is 0.531 bits per heavy atom. The largest absolute Gasteiger partial charge is 0.491 e. The van der Waals surface area contributed by atoms with Gasteiger partial charge in [0, 0.05) is 7.11 Å². The minimum absolute atomic E-state index is 0.545. The van der Waals surface area contributed by atoms with Crippen LogP contribution < -0.4 is 4.74 Å². The molecule has 0 bridgehead atoms. The first-order chi connectivity index (χ1) is 15.9. The minimum atomic E-state index is 0.545. The van der Waals surface area contributed by atoms with Gasteiger partial charge in [0.1, 0.15) is 12.4 Å². The molecule has 0 aliphatic rings. The highest BCUT2D eigenvalue weighted by Crippen LogP contribution is 2.15. The van der Waals surface area contributed by atoms with Gasteiger partial charge in [-0.25, -0.2) is 0 Å². The van der Waals surface area contributed by atoms with Gasteiger partial charge in [-0.15, -0.1) is 0 Å². The maximum absolute atomic E-state index is 5.74. The molecule has 0 saturated carbocycles. The third-order valence-electron chi connectivity index (χ3n) is 5.04. The average molecular weight is 455 g/mol. The normalized spacial score (nSPS) is 11.2.